The van der Waals surface area contributed by atoms with Crippen molar-refractivity contribution in [3.8, 4) is 0 Å². The molecule has 0 atom stereocenters. The van der Waals surface area contributed by atoms with Gasteiger partial charge in [0.2, 0.25) is 0 Å². The van der Waals surface area contributed by atoms with Crippen molar-refractivity contribution < 1.29 is 13.2 Å². The molecule has 24 heavy (non-hydrogen) atoms. The van der Waals surface area contributed by atoms with Gasteiger partial charge >= 0.3 is 11.9 Å². The lowest BCUT2D eigenvalue weighted by atomic mass is 10.1. The Morgan fingerprint density at radius 2 is 1.75 bits per heavy atom. The molecule has 3 rings (SSSR count). The fraction of sp³-hybridized carbons (Fsp3) is 0.294. The van der Waals surface area contributed by atoms with Crippen molar-refractivity contribution in [2.24, 2.45) is 0 Å². The molecule has 0 spiro atoms. The van der Waals surface area contributed by atoms with Crippen molar-refractivity contribution in [1.29, 1.82) is 0 Å². The third-order valence-corrected chi connectivity index (χ3v) is 3.88. The van der Waals surface area contributed by atoms with Crippen molar-refractivity contribution in [3.05, 3.63) is 57.8 Å². The Bertz CT molecular complexity index is 788. The second-order valence-corrected chi connectivity index (χ2v) is 5.64. The van der Waals surface area contributed by atoms with Gasteiger partial charge in [-0.1, -0.05) is 18.2 Å². The van der Waals surface area contributed by atoms with E-state index in [1.54, 1.807) is 11.1 Å². The minimum atomic E-state index is -4.61. The molecule has 0 saturated carbocycles. The molecule has 0 radical (unpaired) electrons. The smallest absolute Gasteiger partial charge is 0.372 e. The molecular weight excluding hydrogens is 319 g/mol. The first kappa shape index (κ1) is 16.3. The van der Waals surface area contributed by atoms with Crippen LogP contribution in [0, 0.1) is 0 Å². The summed E-state index contributed by atoms with van der Waals surface area (Å²) in [4.78, 5) is 18.8. The number of nitrogens with one attached hydrogen (secondary N) is 1. The molecule has 0 aliphatic carbocycles. The van der Waals surface area contributed by atoms with Crippen LogP contribution in [0.4, 0.5) is 18.9 Å². The molecule has 1 saturated heterocycles. The summed E-state index contributed by atoms with van der Waals surface area (Å²) in [5.74, 6) is 0. The Labute approximate surface area is 136 Å². The van der Waals surface area contributed by atoms with Crippen LogP contribution in [0.3, 0.4) is 0 Å². The third-order valence-electron chi connectivity index (χ3n) is 3.88. The van der Waals surface area contributed by atoms with E-state index in [2.05, 4.69) is 9.88 Å². The van der Waals surface area contributed by atoms with Crippen LogP contribution in [-0.4, -0.2) is 23.1 Å². The lowest BCUT2D eigenvalue weighted by Crippen LogP contribution is -2.19. The number of halogens is 3. The number of benzene rings is 1. The molecule has 7 heteroatoms. The topological polar surface area (TPSA) is 49.0 Å². The summed E-state index contributed by atoms with van der Waals surface area (Å²) in [5, 5.41) is 0. The maximum Gasteiger partial charge on any atom is 0.431 e. The molecule has 1 N–H and O–H groups in total. The summed E-state index contributed by atoms with van der Waals surface area (Å²) in [6, 6.07) is 8.56. The number of anilines is 1. The number of aromatic nitrogens is 2. The Balaban J connectivity index is 1.78. The van der Waals surface area contributed by atoms with Gasteiger partial charge in [0.05, 0.1) is 5.69 Å². The molecule has 0 amide bonds. The van der Waals surface area contributed by atoms with E-state index >= 15 is 0 Å². The van der Waals surface area contributed by atoms with Gasteiger partial charge in [-0.2, -0.15) is 18.2 Å². The third kappa shape index (κ3) is 3.84. The summed E-state index contributed by atoms with van der Waals surface area (Å²) in [6.07, 6.45) is 0.807. The zero-order valence-electron chi connectivity index (χ0n) is 12.8. The minimum Gasteiger partial charge on any atom is -0.372 e. The van der Waals surface area contributed by atoms with E-state index in [9.17, 15) is 18.0 Å². The van der Waals surface area contributed by atoms with Gasteiger partial charge in [0.25, 0.3) is 0 Å². The number of hydrogen-bond acceptors (Lipinski definition) is 3. The average Bonchev–Trinajstić information content (AvgIpc) is 3.06. The molecule has 2 heterocycles. The molecular formula is C17H16F3N3O. The van der Waals surface area contributed by atoms with Crippen LogP contribution < -0.4 is 10.6 Å². The van der Waals surface area contributed by atoms with Crippen LogP contribution in [0.15, 0.2) is 35.1 Å². The number of rotatable bonds is 3. The number of alkyl halides is 3. The minimum absolute atomic E-state index is 0.0327. The molecule has 126 valence electrons. The Kier molecular flexibility index (Phi) is 4.42. The van der Waals surface area contributed by atoms with E-state index in [1.807, 2.05) is 24.3 Å². The van der Waals surface area contributed by atoms with Crippen molar-refractivity contribution in [1.82, 2.24) is 9.97 Å². The fourth-order valence-corrected chi connectivity index (χ4v) is 2.67. The fourth-order valence-electron chi connectivity index (χ4n) is 2.67. The molecule has 4 nitrogen and oxygen atoms in total. The van der Waals surface area contributed by atoms with E-state index in [4.69, 9.17) is 0 Å². The van der Waals surface area contributed by atoms with Crippen LogP contribution >= 0.6 is 0 Å². The molecule has 0 unspecified atom stereocenters. The predicted molar refractivity (Wildman–Crippen MR) is 86.7 cm³/mol. The van der Waals surface area contributed by atoms with E-state index in [-0.39, 0.29) is 5.69 Å². The van der Waals surface area contributed by atoms with Crippen LogP contribution in [-0.2, 0) is 6.18 Å². The zero-order chi connectivity index (χ0) is 17.2. The van der Waals surface area contributed by atoms with Crippen LogP contribution in [0.1, 0.15) is 29.8 Å². The number of hydrogen-bond donors (Lipinski definition) is 1. The SMILES string of the molecule is O=c1nc(C=Cc2ccc(N3CCCC3)cc2)cc(C(F)(F)F)[nH]1. The van der Waals surface area contributed by atoms with Crippen molar-refractivity contribution in [2.75, 3.05) is 18.0 Å². The number of nitrogens with zero attached hydrogens (tertiary/aromatic N) is 2. The summed E-state index contributed by atoms with van der Waals surface area (Å²) in [7, 11) is 0. The van der Waals surface area contributed by atoms with Gasteiger partial charge in [-0.3, -0.25) is 0 Å². The lowest BCUT2D eigenvalue weighted by Gasteiger charge is -2.17. The molecule has 0 bridgehead atoms. The van der Waals surface area contributed by atoms with Gasteiger partial charge in [-0.25, -0.2) is 4.79 Å². The van der Waals surface area contributed by atoms with Crippen LogP contribution in [0.25, 0.3) is 12.2 Å². The van der Waals surface area contributed by atoms with Crippen molar-refractivity contribution >= 4 is 17.8 Å². The summed E-state index contributed by atoms with van der Waals surface area (Å²) < 4.78 is 38.0. The lowest BCUT2D eigenvalue weighted by molar-refractivity contribution is -0.141. The van der Waals surface area contributed by atoms with E-state index in [0.717, 1.165) is 30.4 Å². The first-order valence-electron chi connectivity index (χ1n) is 7.63. The Hall–Kier alpha value is -2.57. The van der Waals surface area contributed by atoms with Gasteiger partial charge in [0, 0.05) is 18.8 Å². The first-order chi connectivity index (χ1) is 11.4. The van der Waals surface area contributed by atoms with Crippen LogP contribution in [0.2, 0.25) is 0 Å². The summed E-state index contributed by atoms with van der Waals surface area (Å²) in [6.45, 7) is 2.10. The Morgan fingerprint density at radius 1 is 1.08 bits per heavy atom. The monoisotopic (exact) mass is 335 g/mol. The highest BCUT2D eigenvalue weighted by Crippen LogP contribution is 2.27. The molecule has 2 aromatic rings. The molecule has 1 fully saturated rings. The molecule has 1 aromatic carbocycles. The highest BCUT2D eigenvalue weighted by molar-refractivity contribution is 5.69. The second-order valence-electron chi connectivity index (χ2n) is 5.64. The van der Waals surface area contributed by atoms with Crippen LogP contribution in [0.5, 0.6) is 0 Å². The van der Waals surface area contributed by atoms with Gasteiger partial charge in [-0.05, 0) is 42.7 Å². The summed E-state index contributed by atoms with van der Waals surface area (Å²) >= 11 is 0. The van der Waals surface area contributed by atoms with Crippen molar-refractivity contribution in [3.63, 3.8) is 0 Å². The average molecular weight is 335 g/mol. The quantitative estimate of drug-likeness (QED) is 0.933. The van der Waals surface area contributed by atoms with Gasteiger partial charge < -0.3 is 9.88 Å². The maximum absolute atomic E-state index is 12.7. The van der Waals surface area contributed by atoms with Gasteiger partial charge in [0.1, 0.15) is 5.69 Å². The number of H-pyrrole nitrogens is 1. The molecule has 1 aliphatic heterocycles. The Morgan fingerprint density at radius 3 is 2.38 bits per heavy atom. The molecule has 1 aromatic heterocycles. The first-order valence-corrected chi connectivity index (χ1v) is 7.63. The van der Waals surface area contributed by atoms with E-state index < -0.39 is 17.6 Å². The van der Waals surface area contributed by atoms with E-state index in [0.29, 0.717) is 0 Å². The summed E-state index contributed by atoms with van der Waals surface area (Å²) in [5.41, 5.74) is -0.193. The molecule has 1 aliphatic rings. The highest BCUT2D eigenvalue weighted by Gasteiger charge is 2.32. The largest absolute Gasteiger partial charge is 0.431 e. The predicted octanol–water partition coefficient (Wildman–Crippen LogP) is 3.56. The second kappa shape index (κ2) is 6.51. The van der Waals surface area contributed by atoms with Gasteiger partial charge in [-0.15, -0.1) is 0 Å². The van der Waals surface area contributed by atoms with Gasteiger partial charge in [0.15, 0.2) is 0 Å². The zero-order valence-corrected chi connectivity index (χ0v) is 12.8. The normalized spacial score (nSPS) is 15.4. The van der Waals surface area contributed by atoms with E-state index in [1.165, 1.54) is 18.9 Å². The highest BCUT2D eigenvalue weighted by atomic mass is 19.4. The maximum atomic E-state index is 12.7. The number of aromatic amines is 1. The standard InChI is InChI=1S/C17H16F3N3O/c18-17(19,20)15-11-13(21-16(24)22-15)6-3-12-4-7-14(8-5-12)23-9-1-2-10-23/h3-8,11H,1-2,9-10H2,(H,21,22,24). The van der Waals surface area contributed by atoms with Crippen molar-refractivity contribution in [2.45, 2.75) is 19.0 Å².